The van der Waals surface area contributed by atoms with E-state index in [4.69, 9.17) is 0 Å². The molecular weight excluding hydrogens is 845 g/mol. The summed E-state index contributed by atoms with van der Waals surface area (Å²) in [5.74, 6) is 0. The topological polar surface area (TPSA) is 0 Å². The van der Waals surface area contributed by atoms with Crippen LogP contribution in [0.1, 0.15) is 0 Å². The fraction of sp³-hybridized carbons (Fsp3) is 0.0400. The van der Waals surface area contributed by atoms with Gasteiger partial charge in [0.15, 0.2) is 0 Å². The molecule has 0 amide bonds. The third kappa shape index (κ3) is 6.93. The Hall–Kier alpha value is 0.508. The van der Waals surface area contributed by atoms with E-state index < -0.39 is 6.63 Å². The number of rotatable bonds is 9. The van der Waals surface area contributed by atoms with Crippen LogP contribution >= 0.6 is 116 Å². The lowest BCUT2D eigenvalue weighted by Crippen LogP contribution is -2.61. The van der Waals surface area contributed by atoms with Gasteiger partial charge >= 0.3 is 0 Å². The maximum atomic E-state index is 3.63. The molecule has 0 N–H and O–H groups in total. The molecule has 0 nitrogen and oxygen atoms in total. The molecule has 6 heterocycles. The lowest BCUT2D eigenvalue weighted by atomic mass is 10.4. The fourth-order valence-corrected chi connectivity index (χ4v) is 40.7. The van der Waals surface area contributed by atoms with Gasteiger partial charge in [0.05, 0.1) is 38.5 Å². The SMILES string of the molecule is C[Si]([Si]c1ccc(-c2ccc(Br)s2)s1)([Si]c1ccc(-c2ccc(Br)s2)s1)[Si]c1ccc(-c2ccc(Br)s2)s1. The Bertz CT molecular complexity index is 1500. The van der Waals surface area contributed by atoms with Gasteiger partial charge in [-0.2, -0.15) is 0 Å². The molecule has 0 aromatic carbocycles. The monoisotopic (exact) mass is 856 g/mol. The van der Waals surface area contributed by atoms with Gasteiger partial charge in [-0.3, -0.25) is 0 Å². The third-order valence-corrected chi connectivity index (χ3v) is 33.4. The van der Waals surface area contributed by atoms with Crippen LogP contribution < -0.4 is 13.5 Å². The number of hydrogen-bond donors (Lipinski definition) is 0. The Kier molecular flexibility index (Phi) is 9.33. The fourth-order valence-electron chi connectivity index (χ4n) is 3.79. The van der Waals surface area contributed by atoms with Gasteiger partial charge in [-0.15, -0.1) is 68.0 Å². The van der Waals surface area contributed by atoms with Gasteiger partial charge in [0, 0.05) is 35.9 Å². The molecule has 0 saturated heterocycles. The normalized spacial score (nSPS) is 12.0. The summed E-state index contributed by atoms with van der Waals surface area (Å²) in [6, 6.07) is 27.4. The van der Waals surface area contributed by atoms with Crippen molar-refractivity contribution in [1.29, 1.82) is 0 Å². The molecule has 0 fully saturated rings. The summed E-state index contributed by atoms with van der Waals surface area (Å²) in [4.78, 5) is 8.28. The molecule has 188 valence electrons. The highest BCUT2D eigenvalue weighted by molar-refractivity contribution is 9.11. The molecule has 38 heavy (non-hydrogen) atoms. The molecule has 0 aliphatic rings. The van der Waals surface area contributed by atoms with Gasteiger partial charge in [0.1, 0.15) is 0 Å². The van der Waals surface area contributed by atoms with Crippen molar-refractivity contribution in [1.82, 2.24) is 0 Å². The molecule has 6 rings (SSSR count). The van der Waals surface area contributed by atoms with Crippen LogP contribution in [0, 0.1) is 0 Å². The van der Waals surface area contributed by atoms with Crippen molar-refractivity contribution in [2.45, 2.75) is 6.55 Å². The summed E-state index contributed by atoms with van der Waals surface area (Å²) in [7, 11) is 2.73. The van der Waals surface area contributed by atoms with Crippen LogP contribution in [-0.4, -0.2) is 33.7 Å². The van der Waals surface area contributed by atoms with Crippen molar-refractivity contribution in [3.63, 3.8) is 0 Å². The van der Waals surface area contributed by atoms with Crippen LogP contribution in [0.2, 0.25) is 6.55 Å². The smallest absolute Gasteiger partial charge is 0.0793 e. The third-order valence-electron chi connectivity index (χ3n) is 5.39. The molecule has 6 aromatic rings. The number of hydrogen-bond acceptors (Lipinski definition) is 6. The molecule has 0 aliphatic carbocycles. The molecule has 6 radical (unpaired) electrons. The number of thiophene rings is 6. The maximum absolute atomic E-state index is 3.63. The zero-order chi connectivity index (χ0) is 26.3. The lowest BCUT2D eigenvalue weighted by Gasteiger charge is -2.23. The molecule has 0 bridgehead atoms. The van der Waals surface area contributed by atoms with Crippen LogP contribution in [0.5, 0.6) is 0 Å². The highest BCUT2D eigenvalue weighted by Gasteiger charge is 2.33. The summed E-state index contributed by atoms with van der Waals surface area (Å²) >= 11 is 22.4. The quantitative estimate of drug-likeness (QED) is 0.127. The predicted molar refractivity (Wildman–Crippen MR) is 194 cm³/mol. The molecule has 6 aromatic heterocycles. The van der Waals surface area contributed by atoms with E-state index in [1.807, 2.05) is 68.0 Å². The van der Waals surface area contributed by atoms with Crippen molar-refractivity contribution in [3.05, 3.63) is 84.2 Å². The van der Waals surface area contributed by atoms with Crippen molar-refractivity contribution >= 4 is 163 Å². The molecular formula is C25H15Br3S6Si4. The molecule has 0 atom stereocenters. The summed E-state index contributed by atoms with van der Waals surface area (Å²) in [5.41, 5.74) is 0. The zero-order valence-corrected chi connectivity index (χ0v) is 33.2. The van der Waals surface area contributed by atoms with Crippen LogP contribution in [0.4, 0.5) is 0 Å². The van der Waals surface area contributed by atoms with Crippen LogP contribution in [-0.2, 0) is 0 Å². The van der Waals surface area contributed by atoms with Gasteiger partial charge in [0.25, 0.3) is 0 Å². The summed E-state index contributed by atoms with van der Waals surface area (Å²) in [6.45, 7) is 1.04. The molecule has 0 spiro atoms. The van der Waals surface area contributed by atoms with E-state index in [0.29, 0.717) is 0 Å². The van der Waals surface area contributed by atoms with Crippen LogP contribution in [0.25, 0.3) is 29.3 Å². The first kappa shape index (κ1) is 28.6. The predicted octanol–water partition coefficient (Wildman–Crippen LogP) is 9.30. The lowest BCUT2D eigenvalue weighted by molar-refractivity contribution is 1.92. The highest BCUT2D eigenvalue weighted by Crippen LogP contribution is 2.35. The van der Waals surface area contributed by atoms with Crippen molar-refractivity contribution in [2.24, 2.45) is 0 Å². The van der Waals surface area contributed by atoms with Crippen LogP contribution in [0.3, 0.4) is 0 Å². The first-order valence-corrected chi connectivity index (χ1v) is 27.0. The van der Waals surface area contributed by atoms with Gasteiger partial charge < -0.3 is 0 Å². The Morgan fingerprint density at radius 2 is 0.684 bits per heavy atom. The largest absolute Gasteiger partial charge is 0.145 e. The van der Waals surface area contributed by atoms with Gasteiger partial charge in [-0.1, -0.05) is 24.7 Å². The second-order valence-corrected chi connectivity index (χ2v) is 40.4. The highest BCUT2D eigenvalue weighted by atomic mass is 79.9. The van der Waals surface area contributed by atoms with E-state index in [2.05, 4.69) is 127 Å². The average molecular weight is 860 g/mol. The zero-order valence-electron chi connectivity index (χ0n) is 19.5. The Morgan fingerprint density at radius 1 is 0.421 bits per heavy atom. The van der Waals surface area contributed by atoms with Crippen molar-refractivity contribution in [2.75, 3.05) is 0 Å². The summed E-state index contributed by atoms with van der Waals surface area (Å²) in [6.07, 6.45) is 0. The van der Waals surface area contributed by atoms with Crippen LogP contribution in [0.15, 0.2) is 84.2 Å². The molecule has 13 heteroatoms. The van der Waals surface area contributed by atoms with Gasteiger partial charge in [-0.05, 0) is 116 Å². The minimum absolute atomic E-state index is 0.910. The van der Waals surface area contributed by atoms with E-state index in [-0.39, 0.29) is 0 Å². The Morgan fingerprint density at radius 3 is 0.947 bits per heavy atom. The van der Waals surface area contributed by atoms with E-state index in [1.54, 1.807) is 13.5 Å². The number of halogens is 3. The standard InChI is InChI=1S/C25H15Br3S6Si4/c1-38(35-23-11-5-17(32-23)14-2-8-20(26)29-14,36-24-12-6-18(33-24)15-3-9-21(27)30-15)37-25-13-7-19(34-25)16-4-10-22(28)31-16/h2-13H,1H3. The van der Waals surface area contributed by atoms with E-state index in [9.17, 15) is 0 Å². The molecule has 0 saturated carbocycles. The Balaban J connectivity index is 1.27. The van der Waals surface area contributed by atoms with Crippen molar-refractivity contribution in [3.8, 4) is 29.3 Å². The Labute approximate surface area is 279 Å². The second kappa shape index (κ2) is 12.4. The van der Waals surface area contributed by atoms with Crippen molar-refractivity contribution < 1.29 is 0 Å². The second-order valence-electron chi connectivity index (χ2n) is 8.30. The van der Waals surface area contributed by atoms with E-state index >= 15 is 0 Å². The minimum Gasteiger partial charge on any atom is -0.145 e. The molecule has 0 aliphatic heterocycles. The minimum atomic E-state index is -1.62. The summed E-state index contributed by atoms with van der Waals surface area (Å²) < 4.78 is 8.30. The first-order chi connectivity index (χ1) is 18.3. The first-order valence-electron chi connectivity index (χ1n) is 11.2. The van der Waals surface area contributed by atoms with E-state index in [0.717, 1.165) is 27.1 Å². The van der Waals surface area contributed by atoms with E-state index in [1.165, 1.54) is 40.6 Å². The van der Waals surface area contributed by atoms with Gasteiger partial charge in [0.2, 0.25) is 0 Å². The molecule has 0 unspecified atom stereocenters. The average Bonchev–Trinajstić information content (AvgIpc) is 3.68. The maximum Gasteiger partial charge on any atom is 0.0793 e. The summed E-state index contributed by atoms with van der Waals surface area (Å²) in [5, 5.41) is 0. The van der Waals surface area contributed by atoms with Gasteiger partial charge in [-0.25, -0.2) is 0 Å².